The molecule has 2 aliphatic rings. The highest BCUT2D eigenvalue weighted by molar-refractivity contribution is 6.29. The summed E-state index contributed by atoms with van der Waals surface area (Å²) in [6, 6.07) is 2.83. The monoisotopic (exact) mass is 583 g/mol. The lowest BCUT2D eigenvalue weighted by Crippen LogP contribution is -2.47. The summed E-state index contributed by atoms with van der Waals surface area (Å²) in [6.07, 6.45) is -12.0. The van der Waals surface area contributed by atoms with Crippen LogP contribution in [0.1, 0.15) is 60.2 Å². The zero-order chi connectivity index (χ0) is 29.3. The van der Waals surface area contributed by atoms with Gasteiger partial charge in [0, 0.05) is 28.2 Å². The second-order valence-electron chi connectivity index (χ2n) is 9.33. The number of amides is 1. The zero-order valence-electron chi connectivity index (χ0n) is 21.2. The SMILES string of the molecule is C/C(Cl)=C\C(=C/CC(C)F)C1(C(F)(F)F)CC(c2cc(C)c(C(=O)NC3CC(C(F)(F)F)=NO3)c(C)c2)=NO1. The van der Waals surface area contributed by atoms with Crippen molar-refractivity contribution in [3.8, 4) is 0 Å². The van der Waals surface area contributed by atoms with Crippen molar-refractivity contribution in [2.24, 2.45) is 10.3 Å². The Morgan fingerprint density at radius 2 is 1.82 bits per heavy atom. The number of rotatable bonds is 7. The maximum absolute atomic E-state index is 14.4. The molecule has 0 saturated heterocycles. The van der Waals surface area contributed by atoms with Gasteiger partial charge in [-0.25, -0.2) is 4.39 Å². The second kappa shape index (κ2) is 11.2. The van der Waals surface area contributed by atoms with Gasteiger partial charge in [0.15, 0.2) is 5.71 Å². The Kier molecular flexibility index (Phi) is 8.73. The molecule has 3 atom stereocenters. The number of hydrogen-bond acceptors (Lipinski definition) is 5. The van der Waals surface area contributed by atoms with Crippen LogP contribution in [0.4, 0.5) is 30.7 Å². The largest absolute Gasteiger partial charge is 0.435 e. The minimum Gasteiger partial charge on any atom is -0.374 e. The van der Waals surface area contributed by atoms with Crippen LogP contribution >= 0.6 is 11.6 Å². The lowest BCUT2D eigenvalue weighted by atomic mass is 9.84. The summed E-state index contributed by atoms with van der Waals surface area (Å²) in [5.41, 5.74) is -3.58. The molecular formula is C25H25ClF7N3O3. The van der Waals surface area contributed by atoms with E-state index < -0.39 is 60.4 Å². The number of benzene rings is 1. The van der Waals surface area contributed by atoms with E-state index in [1.807, 2.05) is 0 Å². The van der Waals surface area contributed by atoms with Gasteiger partial charge in [-0.3, -0.25) is 4.79 Å². The van der Waals surface area contributed by atoms with Crippen LogP contribution in [0.3, 0.4) is 0 Å². The number of carbonyl (C=O) groups is 1. The van der Waals surface area contributed by atoms with E-state index in [-0.39, 0.29) is 28.3 Å². The fraction of sp³-hybridized carbons (Fsp3) is 0.480. The number of hydrogen-bond donors (Lipinski definition) is 1. The molecule has 0 aromatic heterocycles. The molecule has 6 nitrogen and oxygen atoms in total. The predicted molar refractivity (Wildman–Crippen MR) is 130 cm³/mol. The predicted octanol–water partition coefficient (Wildman–Crippen LogP) is 6.94. The van der Waals surface area contributed by atoms with Crippen molar-refractivity contribution in [1.82, 2.24) is 5.32 Å². The summed E-state index contributed by atoms with van der Waals surface area (Å²) >= 11 is 5.87. The quantitative estimate of drug-likeness (QED) is 0.279. The molecule has 2 aliphatic heterocycles. The van der Waals surface area contributed by atoms with Gasteiger partial charge in [-0.2, -0.15) is 26.3 Å². The van der Waals surface area contributed by atoms with Crippen molar-refractivity contribution in [3.63, 3.8) is 0 Å². The Balaban J connectivity index is 1.87. The van der Waals surface area contributed by atoms with Crippen molar-refractivity contribution in [3.05, 3.63) is 57.1 Å². The third-order valence-corrected chi connectivity index (χ3v) is 6.16. The van der Waals surface area contributed by atoms with E-state index in [9.17, 15) is 35.5 Å². The van der Waals surface area contributed by atoms with Gasteiger partial charge in [-0.05, 0) is 63.5 Å². The van der Waals surface area contributed by atoms with Crippen molar-refractivity contribution < 1.29 is 45.2 Å². The highest BCUT2D eigenvalue weighted by Gasteiger charge is 2.63. The molecule has 1 N–H and O–H groups in total. The average Bonchev–Trinajstić information content (AvgIpc) is 3.43. The summed E-state index contributed by atoms with van der Waals surface area (Å²) in [7, 11) is 0. The first kappa shape index (κ1) is 30.5. The maximum atomic E-state index is 14.4. The molecule has 0 bridgehead atoms. The first-order chi connectivity index (χ1) is 17.9. The van der Waals surface area contributed by atoms with Crippen molar-refractivity contribution in [2.75, 3.05) is 0 Å². The Morgan fingerprint density at radius 1 is 1.21 bits per heavy atom. The third-order valence-electron chi connectivity index (χ3n) is 6.05. The van der Waals surface area contributed by atoms with Crippen molar-refractivity contribution >= 4 is 28.9 Å². The molecule has 0 spiro atoms. The lowest BCUT2D eigenvalue weighted by molar-refractivity contribution is -0.251. The van der Waals surface area contributed by atoms with Crippen LogP contribution in [0.15, 0.2) is 45.2 Å². The molecule has 0 saturated carbocycles. The average molecular weight is 584 g/mol. The van der Waals surface area contributed by atoms with Crippen LogP contribution in [0.25, 0.3) is 0 Å². The van der Waals surface area contributed by atoms with Gasteiger partial charge < -0.3 is 15.0 Å². The summed E-state index contributed by atoms with van der Waals surface area (Å²) in [4.78, 5) is 22.5. The van der Waals surface area contributed by atoms with Crippen LogP contribution in [0.5, 0.6) is 0 Å². The standard InChI is InChI=1S/C25H25ClF7N3O3/c1-12-7-16(8-13(2)21(12)22(37)34-20-10-19(36-38-20)24(28,29)30)18-11-23(39-35-18,25(31,32)33)17(9-14(3)26)6-5-15(4)27/h6-9,15,20H,5,10-11H2,1-4H3,(H,34,37)/b14-9+,17-6+. The molecule has 14 heteroatoms. The number of halogens is 8. The van der Waals surface area contributed by atoms with Crippen LogP contribution < -0.4 is 5.32 Å². The number of carbonyl (C=O) groups excluding carboxylic acids is 1. The topological polar surface area (TPSA) is 72.3 Å². The molecule has 0 radical (unpaired) electrons. The Morgan fingerprint density at radius 3 is 2.31 bits per heavy atom. The number of oxime groups is 2. The second-order valence-corrected chi connectivity index (χ2v) is 9.93. The van der Waals surface area contributed by atoms with Crippen molar-refractivity contribution in [2.45, 2.75) is 77.3 Å². The first-order valence-electron chi connectivity index (χ1n) is 11.7. The van der Waals surface area contributed by atoms with Crippen LogP contribution in [-0.4, -0.2) is 47.7 Å². The summed E-state index contributed by atoms with van der Waals surface area (Å²) in [5.74, 6) is -0.747. The zero-order valence-corrected chi connectivity index (χ0v) is 22.0. The highest BCUT2D eigenvalue weighted by Crippen LogP contribution is 2.47. The van der Waals surface area contributed by atoms with Gasteiger partial charge in [-0.1, -0.05) is 28.0 Å². The smallest absolute Gasteiger partial charge is 0.374 e. The Hall–Kier alpha value is -3.09. The lowest BCUT2D eigenvalue weighted by Gasteiger charge is -2.30. The Labute approximate surface area is 224 Å². The molecule has 214 valence electrons. The van der Waals surface area contributed by atoms with Gasteiger partial charge in [0.05, 0.1) is 12.1 Å². The number of aryl methyl sites for hydroxylation is 2. The minimum atomic E-state index is -4.95. The first-order valence-corrected chi connectivity index (χ1v) is 12.0. The van der Waals surface area contributed by atoms with Gasteiger partial charge in [0.25, 0.3) is 11.5 Å². The van der Waals surface area contributed by atoms with Crippen LogP contribution in [0.2, 0.25) is 0 Å². The molecule has 0 aliphatic carbocycles. The highest BCUT2D eigenvalue weighted by atomic mass is 35.5. The molecule has 1 aromatic rings. The molecule has 1 amide bonds. The normalized spacial score (nSPS) is 23.1. The third kappa shape index (κ3) is 6.74. The molecule has 2 heterocycles. The summed E-state index contributed by atoms with van der Waals surface area (Å²) in [6.45, 7) is 5.60. The molecule has 3 rings (SSSR count). The summed E-state index contributed by atoms with van der Waals surface area (Å²) in [5, 5.41) is 9.00. The van der Waals surface area contributed by atoms with E-state index in [1.54, 1.807) is 0 Å². The van der Waals surface area contributed by atoms with E-state index in [1.165, 1.54) is 39.8 Å². The summed E-state index contributed by atoms with van der Waals surface area (Å²) < 4.78 is 95.1. The van der Waals surface area contributed by atoms with Gasteiger partial charge in [0.2, 0.25) is 6.23 Å². The van der Waals surface area contributed by atoms with E-state index >= 15 is 0 Å². The van der Waals surface area contributed by atoms with E-state index in [0.717, 1.165) is 12.2 Å². The molecular weight excluding hydrogens is 559 g/mol. The Bertz CT molecular complexity index is 1230. The fourth-order valence-corrected chi connectivity index (χ4v) is 4.35. The maximum Gasteiger partial charge on any atom is 0.435 e. The van der Waals surface area contributed by atoms with Gasteiger partial charge in [0.1, 0.15) is 6.17 Å². The van der Waals surface area contributed by atoms with Crippen molar-refractivity contribution in [1.29, 1.82) is 0 Å². The molecule has 39 heavy (non-hydrogen) atoms. The van der Waals surface area contributed by atoms with E-state index in [4.69, 9.17) is 16.4 Å². The van der Waals surface area contributed by atoms with Crippen LogP contribution in [-0.2, 0) is 9.68 Å². The van der Waals surface area contributed by atoms with Crippen LogP contribution in [0, 0.1) is 13.8 Å². The van der Waals surface area contributed by atoms with E-state index in [2.05, 4.69) is 20.5 Å². The number of nitrogens with one attached hydrogen (secondary N) is 1. The van der Waals surface area contributed by atoms with Gasteiger partial charge in [-0.15, -0.1) is 0 Å². The number of nitrogens with zero attached hydrogens (tertiary/aromatic N) is 2. The molecule has 3 unspecified atom stereocenters. The number of allylic oxidation sites excluding steroid dienone is 2. The fourth-order valence-electron chi connectivity index (χ4n) is 4.23. The minimum absolute atomic E-state index is 0.0227. The number of alkyl halides is 7. The molecule has 0 fully saturated rings. The van der Waals surface area contributed by atoms with Gasteiger partial charge >= 0.3 is 12.4 Å². The molecule has 1 aromatic carbocycles. The van der Waals surface area contributed by atoms with E-state index in [0.29, 0.717) is 11.1 Å².